The molecule has 0 saturated carbocycles. The van der Waals surface area contributed by atoms with Crippen LogP contribution in [0.3, 0.4) is 0 Å². The highest BCUT2D eigenvalue weighted by Gasteiger charge is 2.07. The third kappa shape index (κ3) is 3.02. The number of carbonyl (C=O) groups excluding carboxylic acids is 1. The number of halogens is 1. The molecule has 86 valence electrons. The molecule has 0 radical (unpaired) electrons. The molecule has 17 heavy (non-hydrogen) atoms. The Balaban J connectivity index is 2.24. The van der Waals surface area contributed by atoms with Gasteiger partial charge in [0.1, 0.15) is 11.5 Å². The van der Waals surface area contributed by atoms with Crippen LogP contribution in [0.25, 0.3) is 0 Å². The summed E-state index contributed by atoms with van der Waals surface area (Å²) >= 11 is 9.67. The summed E-state index contributed by atoms with van der Waals surface area (Å²) in [6, 6.07) is 14.2. The molecular weight excluding hydrogens is 256 g/mol. The molecule has 0 heterocycles. The Kier molecular flexibility index (Phi) is 3.71. The van der Waals surface area contributed by atoms with Gasteiger partial charge in [-0.1, -0.05) is 29.8 Å². The molecule has 0 bridgehead atoms. The van der Waals surface area contributed by atoms with Gasteiger partial charge < -0.3 is 4.74 Å². The van der Waals surface area contributed by atoms with E-state index in [2.05, 4.69) is 12.6 Å². The van der Waals surface area contributed by atoms with E-state index in [1.165, 1.54) is 0 Å². The summed E-state index contributed by atoms with van der Waals surface area (Å²) < 4.78 is 5.57. The maximum absolute atomic E-state index is 11.1. The number of benzene rings is 2. The largest absolute Gasteiger partial charge is 0.457 e. The van der Waals surface area contributed by atoms with Gasteiger partial charge in [-0.15, -0.1) is 12.6 Å². The monoisotopic (exact) mass is 264 g/mol. The molecule has 0 fully saturated rings. The van der Waals surface area contributed by atoms with Crippen LogP contribution in [0.1, 0.15) is 10.4 Å². The Labute approximate surface area is 110 Å². The molecule has 0 aliphatic rings. The van der Waals surface area contributed by atoms with Gasteiger partial charge >= 0.3 is 0 Å². The lowest BCUT2D eigenvalue weighted by atomic mass is 10.2. The van der Waals surface area contributed by atoms with Crippen molar-refractivity contribution in [2.75, 3.05) is 0 Å². The van der Waals surface area contributed by atoms with Crippen LogP contribution in [-0.4, -0.2) is 5.12 Å². The first-order valence-corrected chi connectivity index (χ1v) is 5.75. The van der Waals surface area contributed by atoms with E-state index in [9.17, 15) is 4.79 Å². The Hall–Kier alpha value is -1.45. The van der Waals surface area contributed by atoms with Gasteiger partial charge in [0.2, 0.25) is 5.12 Å². The quantitative estimate of drug-likeness (QED) is 0.841. The third-order valence-corrected chi connectivity index (χ3v) is 2.70. The minimum atomic E-state index is -0.360. The Morgan fingerprint density at radius 3 is 2.35 bits per heavy atom. The Morgan fingerprint density at radius 2 is 1.76 bits per heavy atom. The highest BCUT2D eigenvalue weighted by atomic mass is 35.5. The summed E-state index contributed by atoms with van der Waals surface area (Å²) in [5, 5.41) is -0.0281. The molecule has 0 saturated heterocycles. The van der Waals surface area contributed by atoms with Crippen LogP contribution in [0.5, 0.6) is 11.5 Å². The lowest BCUT2D eigenvalue weighted by Crippen LogP contribution is -1.91. The number of rotatable bonds is 3. The van der Waals surface area contributed by atoms with Crippen molar-refractivity contribution in [2.45, 2.75) is 0 Å². The number of hydrogen-bond donors (Lipinski definition) is 1. The van der Waals surface area contributed by atoms with Crippen molar-refractivity contribution >= 4 is 29.3 Å². The van der Waals surface area contributed by atoms with Gasteiger partial charge in [-0.2, -0.15) is 0 Å². The van der Waals surface area contributed by atoms with Crippen molar-refractivity contribution in [3.63, 3.8) is 0 Å². The number of hydrogen-bond acceptors (Lipinski definition) is 2. The van der Waals surface area contributed by atoms with Crippen LogP contribution in [-0.2, 0) is 0 Å². The van der Waals surface area contributed by atoms with E-state index in [4.69, 9.17) is 16.3 Å². The lowest BCUT2D eigenvalue weighted by Gasteiger charge is -2.07. The normalized spacial score (nSPS) is 10.0. The fraction of sp³-hybridized carbons (Fsp3) is 0. The van der Waals surface area contributed by atoms with Gasteiger partial charge in [0.15, 0.2) is 0 Å². The highest BCUT2D eigenvalue weighted by molar-refractivity contribution is 7.97. The Morgan fingerprint density at radius 1 is 1.06 bits per heavy atom. The second-order valence-electron chi connectivity index (χ2n) is 3.36. The predicted octanol–water partition coefficient (Wildman–Crippen LogP) is 4.20. The summed E-state index contributed by atoms with van der Waals surface area (Å²) in [7, 11) is 0. The summed E-state index contributed by atoms with van der Waals surface area (Å²) in [5.74, 6) is 1.30. The van der Waals surface area contributed by atoms with E-state index in [1.54, 1.807) is 18.2 Å². The number of ether oxygens (including phenoxy) is 1. The van der Waals surface area contributed by atoms with Crippen LogP contribution in [0.2, 0.25) is 5.02 Å². The zero-order chi connectivity index (χ0) is 12.3. The molecule has 0 aromatic heterocycles. The van der Waals surface area contributed by atoms with Crippen molar-refractivity contribution in [3.8, 4) is 11.5 Å². The van der Waals surface area contributed by atoms with Crippen molar-refractivity contribution in [1.29, 1.82) is 0 Å². The van der Waals surface area contributed by atoms with E-state index in [0.717, 1.165) is 0 Å². The van der Waals surface area contributed by atoms with E-state index in [0.29, 0.717) is 22.1 Å². The SMILES string of the molecule is O=C(S)c1ccc(Oc2ccccc2)cc1Cl. The highest BCUT2D eigenvalue weighted by Crippen LogP contribution is 2.27. The van der Waals surface area contributed by atoms with E-state index < -0.39 is 0 Å². The van der Waals surface area contributed by atoms with Crippen LogP contribution in [0.4, 0.5) is 0 Å². The van der Waals surface area contributed by atoms with Gasteiger partial charge in [-0.05, 0) is 24.3 Å². The second-order valence-corrected chi connectivity index (χ2v) is 4.18. The van der Waals surface area contributed by atoms with Crippen LogP contribution >= 0.6 is 24.2 Å². The molecule has 2 nitrogen and oxygen atoms in total. The average Bonchev–Trinajstić information content (AvgIpc) is 2.30. The van der Waals surface area contributed by atoms with Crippen molar-refractivity contribution in [1.82, 2.24) is 0 Å². The number of thiol groups is 1. The van der Waals surface area contributed by atoms with Crippen LogP contribution in [0, 0.1) is 0 Å². The summed E-state index contributed by atoms with van der Waals surface area (Å²) in [6.07, 6.45) is 0. The minimum absolute atomic E-state index is 0.332. The van der Waals surface area contributed by atoms with Gasteiger partial charge in [0, 0.05) is 11.6 Å². The molecule has 4 heteroatoms. The maximum atomic E-state index is 11.1. The lowest BCUT2D eigenvalue weighted by molar-refractivity contribution is 0.109. The van der Waals surface area contributed by atoms with Crippen molar-refractivity contribution < 1.29 is 9.53 Å². The molecule has 2 rings (SSSR count). The molecule has 0 unspecified atom stereocenters. The first kappa shape index (κ1) is 12.0. The van der Waals surface area contributed by atoms with Crippen molar-refractivity contribution in [2.24, 2.45) is 0 Å². The number of carbonyl (C=O) groups is 1. The molecule has 2 aromatic rings. The van der Waals surface area contributed by atoms with Gasteiger partial charge in [0.25, 0.3) is 0 Å². The molecule has 2 aromatic carbocycles. The average molecular weight is 265 g/mol. The summed E-state index contributed by atoms with van der Waals surface area (Å²) in [5.41, 5.74) is 0.371. The zero-order valence-electron chi connectivity index (χ0n) is 8.76. The molecule has 0 N–H and O–H groups in total. The van der Waals surface area contributed by atoms with Gasteiger partial charge in [0.05, 0.1) is 5.02 Å². The molecule has 0 amide bonds. The van der Waals surface area contributed by atoms with Crippen LogP contribution in [0.15, 0.2) is 48.5 Å². The van der Waals surface area contributed by atoms with E-state index in [1.807, 2.05) is 30.3 Å². The third-order valence-electron chi connectivity index (χ3n) is 2.15. The summed E-state index contributed by atoms with van der Waals surface area (Å²) in [6.45, 7) is 0. The fourth-order valence-electron chi connectivity index (χ4n) is 1.36. The van der Waals surface area contributed by atoms with E-state index in [-0.39, 0.29) is 5.12 Å². The molecule has 0 spiro atoms. The minimum Gasteiger partial charge on any atom is -0.457 e. The van der Waals surface area contributed by atoms with Crippen LogP contribution < -0.4 is 4.74 Å². The predicted molar refractivity (Wildman–Crippen MR) is 71.3 cm³/mol. The topological polar surface area (TPSA) is 26.3 Å². The molecular formula is C13H9ClO2S. The maximum Gasteiger partial charge on any atom is 0.217 e. The molecule has 0 aliphatic heterocycles. The molecule has 0 atom stereocenters. The number of para-hydroxylation sites is 1. The summed E-state index contributed by atoms with van der Waals surface area (Å²) in [4.78, 5) is 11.1. The Bertz CT molecular complexity index is 540. The van der Waals surface area contributed by atoms with Gasteiger partial charge in [-0.25, -0.2) is 0 Å². The fourth-order valence-corrected chi connectivity index (χ4v) is 1.87. The first-order valence-electron chi connectivity index (χ1n) is 4.92. The zero-order valence-corrected chi connectivity index (χ0v) is 10.4. The second kappa shape index (κ2) is 5.25. The van der Waals surface area contributed by atoms with Crippen molar-refractivity contribution in [3.05, 3.63) is 59.1 Å². The smallest absolute Gasteiger partial charge is 0.217 e. The standard InChI is InChI=1S/C13H9ClO2S/c14-12-8-10(6-7-11(12)13(15)17)16-9-4-2-1-3-5-9/h1-8H,(H,15,17). The molecule has 0 aliphatic carbocycles. The van der Waals surface area contributed by atoms with Gasteiger partial charge in [-0.3, -0.25) is 4.79 Å². The first-order chi connectivity index (χ1) is 8.16. The van der Waals surface area contributed by atoms with E-state index >= 15 is 0 Å².